The van der Waals surface area contributed by atoms with Crippen molar-refractivity contribution in [2.45, 2.75) is 73.0 Å². The van der Waals surface area contributed by atoms with Crippen LogP contribution in [0.25, 0.3) is 0 Å². The molecule has 0 aliphatic rings. The molecule has 0 bridgehead atoms. The highest BCUT2D eigenvalue weighted by molar-refractivity contribution is 7.92. The molecule has 35 heavy (non-hydrogen) atoms. The summed E-state index contributed by atoms with van der Waals surface area (Å²) in [6.07, 6.45) is 2.26. The Morgan fingerprint density at radius 1 is 0.971 bits per heavy atom. The van der Waals surface area contributed by atoms with Gasteiger partial charge in [0.05, 0.1) is 11.9 Å². The van der Waals surface area contributed by atoms with Gasteiger partial charge >= 0.3 is 0 Å². The van der Waals surface area contributed by atoms with Crippen LogP contribution in [0.4, 0.5) is 5.69 Å². The van der Waals surface area contributed by atoms with E-state index in [-0.39, 0.29) is 25.0 Å². The Morgan fingerprint density at radius 3 is 2.20 bits per heavy atom. The highest BCUT2D eigenvalue weighted by Crippen LogP contribution is 2.22. The molecule has 192 valence electrons. The molecule has 1 N–H and O–H groups in total. The molecule has 0 aliphatic carbocycles. The largest absolute Gasteiger partial charge is 0.352 e. The van der Waals surface area contributed by atoms with E-state index in [0.29, 0.717) is 12.1 Å². The van der Waals surface area contributed by atoms with Crippen molar-refractivity contribution in [1.29, 1.82) is 0 Å². The van der Waals surface area contributed by atoms with Crippen LogP contribution in [0, 0.1) is 20.8 Å². The van der Waals surface area contributed by atoms with Crippen molar-refractivity contribution >= 4 is 27.5 Å². The number of carbonyl (C=O) groups is 2. The second-order valence-corrected chi connectivity index (χ2v) is 11.2. The van der Waals surface area contributed by atoms with Gasteiger partial charge in [-0.05, 0) is 69.4 Å². The van der Waals surface area contributed by atoms with E-state index in [1.165, 1.54) is 4.90 Å². The van der Waals surface area contributed by atoms with Gasteiger partial charge in [0.15, 0.2) is 0 Å². The first-order valence-corrected chi connectivity index (χ1v) is 13.9. The second-order valence-electron chi connectivity index (χ2n) is 9.29. The van der Waals surface area contributed by atoms with Gasteiger partial charge in [0.2, 0.25) is 21.8 Å². The maximum absolute atomic E-state index is 13.7. The van der Waals surface area contributed by atoms with Crippen LogP contribution < -0.4 is 9.62 Å². The van der Waals surface area contributed by atoms with E-state index < -0.39 is 22.0 Å². The first-order chi connectivity index (χ1) is 16.4. The van der Waals surface area contributed by atoms with E-state index in [1.807, 2.05) is 71.9 Å². The van der Waals surface area contributed by atoms with Gasteiger partial charge in [-0.15, -0.1) is 0 Å². The van der Waals surface area contributed by atoms with Crippen LogP contribution in [0.15, 0.2) is 42.5 Å². The lowest BCUT2D eigenvalue weighted by Crippen LogP contribution is -2.53. The lowest BCUT2D eigenvalue weighted by atomic mass is 10.1. The second kappa shape index (κ2) is 12.2. The molecule has 0 aromatic heterocycles. The fourth-order valence-electron chi connectivity index (χ4n) is 3.86. The van der Waals surface area contributed by atoms with Crippen LogP contribution in [0.5, 0.6) is 0 Å². The first-order valence-electron chi connectivity index (χ1n) is 12.1. The normalized spacial score (nSPS) is 13.1. The lowest BCUT2D eigenvalue weighted by molar-refractivity contribution is -0.140. The van der Waals surface area contributed by atoms with Crippen molar-refractivity contribution in [3.05, 3.63) is 64.7 Å². The molecule has 2 rings (SSSR count). The summed E-state index contributed by atoms with van der Waals surface area (Å²) in [5.41, 5.74) is 4.31. The number of amides is 2. The molecule has 8 heteroatoms. The van der Waals surface area contributed by atoms with E-state index in [1.54, 1.807) is 12.1 Å². The SMILES string of the molecule is CC[C@H](C)NC(=O)[C@H](CC)N(Cc1cccc(C)c1)C(=O)CN(c1ccc(C)c(C)c1)S(C)(=O)=O. The molecule has 2 atom stereocenters. The molecule has 2 amide bonds. The van der Waals surface area contributed by atoms with Gasteiger partial charge < -0.3 is 10.2 Å². The Morgan fingerprint density at radius 2 is 1.66 bits per heavy atom. The predicted molar refractivity (Wildman–Crippen MR) is 142 cm³/mol. The number of anilines is 1. The molecule has 0 unspecified atom stereocenters. The zero-order valence-electron chi connectivity index (χ0n) is 22.0. The molecule has 0 saturated heterocycles. The van der Waals surface area contributed by atoms with Gasteiger partial charge in [-0.3, -0.25) is 13.9 Å². The fraction of sp³-hybridized carbons (Fsp3) is 0.481. The summed E-state index contributed by atoms with van der Waals surface area (Å²) in [5, 5.41) is 2.98. The van der Waals surface area contributed by atoms with Gasteiger partial charge in [-0.25, -0.2) is 8.42 Å². The summed E-state index contributed by atoms with van der Waals surface area (Å²) in [6.45, 7) is 11.4. The number of hydrogen-bond acceptors (Lipinski definition) is 4. The number of sulfonamides is 1. The van der Waals surface area contributed by atoms with Crippen LogP contribution >= 0.6 is 0 Å². The highest BCUT2D eigenvalue weighted by Gasteiger charge is 2.32. The summed E-state index contributed by atoms with van der Waals surface area (Å²) >= 11 is 0. The third kappa shape index (κ3) is 7.82. The summed E-state index contributed by atoms with van der Waals surface area (Å²) < 4.78 is 26.6. The summed E-state index contributed by atoms with van der Waals surface area (Å²) in [5.74, 6) is -0.666. The Balaban J connectivity index is 2.46. The van der Waals surface area contributed by atoms with E-state index in [0.717, 1.165) is 39.2 Å². The Labute approximate surface area is 210 Å². The third-order valence-corrected chi connectivity index (χ3v) is 7.42. The Bertz CT molecular complexity index is 1150. The molecule has 2 aromatic carbocycles. The molecule has 0 radical (unpaired) electrons. The van der Waals surface area contributed by atoms with Crippen LogP contribution in [-0.2, 0) is 26.2 Å². The van der Waals surface area contributed by atoms with Crippen LogP contribution in [0.2, 0.25) is 0 Å². The Hall–Kier alpha value is -2.87. The number of aryl methyl sites for hydroxylation is 3. The minimum atomic E-state index is -3.75. The van der Waals surface area contributed by atoms with E-state index in [2.05, 4.69) is 5.32 Å². The van der Waals surface area contributed by atoms with Gasteiger partial charge in [-0.1, -0.05) is 49.7 Å². The summed E-state index contributed by atoms with van der Waals surface area (Å²) in [6, 6.07) is 12.3. The van der Waals surface area contributed by atoms with Crippen LogP contribution in [0.1, 0.15) is 55.9 Å². The fourth-order valence-corrected chi connectivity index (χ4v) is 4.70. The van der Waals surface area contributed by atoms with Gasteiger partial charge in [-0.2, -0.15) is 0 Å². The molecule has 2 aromatic rings. The molecule has 0 fully saturated rings. The molecule has 0 heterocycles. The van der Waals surface area contributed by atoms with E-state index >= 15 is 0 Å². The van der Waals surface area contributed by atoms with Gasteiger partial charge in [0, 0.05) is 12.6 Å². The van der Waals surface area contributed by atoms with E-state index in [9.17, 15) is 18.0 Å². The number of nitrogens with zero attached hydrogens (tertiary/aromatic N) is 2. The average molecular weight is 502 g/mol. The van der Waals surface area contributed by atoms with Crippen LogP contribution in [-0.4, -0.2) is 50.0 Å². The van der Waals surface area contributed by atoms with Crippen molar-refractivity contribution < 1.29 is 18.0 Å². The number of rotatable bonds is 11. The first kappa shape index (κ1) is 28.4. The third-order valence-electron chi connectivity index (χ3n) is 6.28. The minimum Gasteiger partial charge on any atom is -0.352 e. The van der Waals surface area contributed by atoms with Crippen molar-refractivity contribution in [3.63, 3.8) is 0 Å². The molecule has 7 nitrogen and oxygen atoms in total. The van der Waals surface area contributed by atoms with Crippen molar-refractivity contribution in [1.82, 2.24) is 10.2 Å². The zero-order valence-corrected chi connectivity index (χ0v) is 22.8. The molecular formula is C27H39N3O4S. The van der Waals surface area contributed by atoms with Gasteiger partial charge in [0.1, 0.15) is 12.6 Å². The molecule has 0 aliphatic heterocycles. The zero-order chi connectivity index (χ0) is 26.3. The monoisotopic (exact) mass is 501 g/mol. The predicted octanol–water partition coefficient (Wildman–Crippen LogP) is 4.10. The summed E-state index contributed by atoms with van der Waals surface area (Å²) in [4.78, 5) is 28.4. The van der Waals surface area contributed by atoms with Crippen molar-refractivity contribution in [2.24, 2.45) is 0 Å². The highest BCUT2D eigenvalue weighted by atomic mass is 32.2. The smallest absolute Gasteiger partial charge is 0.244 e. The summed E-state index contributed by atoms with van der Waals surface area (Å²) in [7, 11) is -3.75. The lowest BCUT2D eigenvalue weighted by Gasteiger charge is -2.33. The maximum Gasteiger partial charge on any atom is 0.244 e. The number of benzene rings is 2. The number of hydrogen-bond donors (Lipinski definition) is 1. The van der Waals surface area contributed by atoms with E-state index in [4.69, 9.17) is 0 Å². The van der Waals surface area contributed by atoms with Gasteiger partial charge in [0.25, 0.3) is 0 Å². The average Bonchev–Trinajstić information content (AvgIpc) is 2.78. The van der Waals surface area contributed by atoms with Crippen LogP contribution in [0.3, 0.4) is 0 Å². The minimum absolute atomic E-state index is 0.0319. The standard InChI is InChI=1S/C27H39N3O4S/c1-8-22(6)28-27(32)25(9-2)29(17-23-12-10-11-19(3)15-23)26(31)18-30(35(7,33)34)24-14-13-20(4)21(5)16-24/h10-16,22,25H,8-9,17-18H2,1-7H3,(H,28,32)/t22-,25-/m0/s1. The quantitative estimate of drug-likeness (QED) is 0.502. The topological polar surface area (TPSA) is 86.8 Å². The molecular weight excluding hydrogens is 462 g/mol. The molecule has 0 spiro atoms. The maximum atomic E-state index is 13.7. The Kier molecular flexibility index (Phi) is 9.89. The number of nitrogens with one attached hydrogen (secondary N) is 1. The number of carbonyl (C=O) groups excluding carboxylic acids is 2. The van der Waals surface area contributed by atoms with Crippen molar-refractivity contribution in [3.8, 4) is 0 Å². The molecule has 0 saturated carbocycles. The van der Waals surface area contributed by atoms with Crippen molar-refractivity contribution in [2.75, 3.05) is 17.1 Å².